The van der Waals surface area contributed by atoms with Crippen molar-refractivity contribution in [3.05, 3.63) is 35.4 Å². The van der Waals surface area contributed by atoms with E-state index in [4.69, 9.17) is 0 Å². The highest BCUT2D eigenvalue weighted by molar-refractivity contribution is 5.94. The zero-order valence-electron chi connectivity index (χ0n) is 13.6. The second kappa shape index (κ2) is 6.33. The van der Waals surface area contributed by atoms with Crippen molar-refractivity contribution >= 4 is 11.8 Å². The molecular formula is C17H19F3N2O3. The molecule has 0 spiro atoms. The number of carbonyl (C=O) groups excluding carboxylic acids is 2. The maximum Gasteiger partial charge on any atom is 0.416 e. The largest absolute Gasteiger partial charge is 0.416 e. The number of carbonyl (C=O) groups is 2. The summed E-state index contributed by atoms with van der Waals surface area (Å²) < 4.78 is 37.7. The van der Waals surface area contributed by atoms with Gasteiger partial charge in [-0.2, -0.15) is 13.2 Å². The number of benzene rings is 1. The Hall–Kier alpha value is -2.09. The molecule has 1 heterocycles. The van der Waals surface area contributed by atoms with Gasteiger partial charge in [0.15, 0.2) is 0 Å². The summed E-state index contributed by atoms with van der Waals surface area (Å²) in [6.45, 7) is 1.21. The minimum atomic E-state index is -4.44. The number of halogens is 3. The maximum absolute atomic E-state index is 12.6. The number of hydrogen-bond donors (Lipinski definition) is 1. The molecule has 2 aliphatic rings. The third kappa shape index (κ3) is 3.49. The van der Waals surface area contributed by atoms with Crippen LogP contribution in [0, 0.1) is 0 Å². The Balaban J connectivity index is 1.59. The zero-order valence-corrected chi connectivity index (χ0v) is 13.6. The van der Waals surface area contributed by atoms with Crippen LogP contribution in [0.15, 0.2) is 24.3 Å². The summed E-state index contributed by atoms with van der Waals surface area (Å²) in [5, 5.41) is 10.1. The van der Waals surface area contributed by atoms with Gasteiger partial charge >= 0.3 is 6.18 Å². The molecule has 136 valence electrons. The van der Waals surface area contributed by atoms with Crippen LogP contribution in [0.2, 0.25) is 0 Å². The zero-order chi connectivity index (χ0) is 18.2. The fraction of sp³-hybridized carbons (Fsp3) is 0.529. The summed E-state index contributed by atoms with van der Waals surface area (Å²) in [5.74, 6) is -0.649. The van der Waals surface area contributed by atoms with E-state index in [2.05, 4.69) is 0 Å². The van der Waals surface area contributed by atoms with Crippen molar-refractivity contribution < 1.29 is 27.9 Å². The van der Waals surface area contributed by atoms with Gasteiger partial charge in [-0.1, -0.05) is 0 Å². The van der Waals surface area contributed by atoms with Gasteiger partial charge in [0.25, 0.3) is 11.8 Å². The first-order valence-corrected chi connectivity index (χ1v) is 8.19. The molecule has 1 aromatic rings. The van der Waals surface area contributed by atoms with E-state index < -0.39 is 17.3 Å². The van der Waals surface area contributed by atoms with Gasteiger partial charge in [-0.25, -0.2) is 0 Å². The number of rotatable bonds is 2. The highest BCUT2D eigenvalue weighted by Gasteiger charge is 2.45. The minimum absolute atomic E-state index is 0.186. The van der Waals surface area contributed by atoms with E-state index in [1.54, 1.807) is 4.90 Å². The average molecular weight is 356 g/mol. The van der Waals surface area contributed by atoms with E-state index in [1.165, 1.54) is 17.0 Å². The summed E-state index contributed by atoms with van der Waals surface area (Å²) in [6, 6.07) is 4.11. The maximum atomic E-state index is 12.6. The van der Waals surface area contributed by atoms with Crippen LogP contribution in [0.25, 0.3) is 0 Å². The fourth-order valence-corrected chi connectivity index (χ4v) is 3.12. The average Bonchev–Trinajstić information content (AvgIpc) is 2.58. The van der Waals surface area contributed by atoms with Gasteiger partial charge in [-0.15, -0.1) is 0 Å². The summed E-state index contributed by atoms with van der Waals surface area (Å²) in [5.41, 5.74) is -1.86. The molecule has 5 nitrogen and oxygen atoms in total. The van der Waals surface area contributed by atoms with E-state index in [1.807, 2.05) is 0 Å². The molecule has 1 N–H and O–H groups in total. The van der Waals surface area contributed by atoms with Gasteiger partial charge in [0.2, 0.25) is 0 Å². The van der Waals surface area contributed by atoms with Gasteiger partial charge in [-0.3, -0.25) is 9.59 Å². The molecule has 0 aromatic heterocycles. The Bertz CT molecular complexity index is 661. The molecule has 8 heteroatoms. The summed E-state index contributed by atoms with van der Waals surface area (Å²) in [7, 11) is 0. The first-order valence-electron chi connectivity index (χ1n) is 8.19. The lowest BCUT2D eigenvalue weighted by molar-refractivity contribution is -0.161. The number of piperazine rings is 1. The molecule has 2 amide bonds. The van der Waals surface area contributed by atoms with E-state index in [0.29, 0.717) is 39.0 Å². The Morgan fingerprint density at radius 1 is 0.960 bits per heavy atom. The highest BCUT2D eigenvalue weighted by atomic mass is 19.4. The molecule has 0 atom stereocenters. The summed E-state index contributed by atoms with van der Waals surface area (Å²) in [6.07, 6.45) is -2.67. The molecule has 3 rings (SSSR count). The lowest BCUT2D eigenvalue weighted by Crippen LogP contribution is -2.58. The first-order chi connectivity index (χ1) is 11.7. The first kappa shape index (κ1) is 17.7. The van der Waals surface area contributed by atoms with Crippen LogP contribution in [0.1, 0.15) is 35.2 Å². The van der Waals surface area contributed by atoms with E-state index in [-0.39, 0.29) is 17.4 Å². The number of alkyl halides is 3. The van der Waals surface area contributed by atoms with Crippen molar-refractivity contribution in [3.8, 4) is 0 Å². The molecule has 0 unspecified atom stereocenters. The Kier molecular flexibility index (Phi) is 4.49. The van der Waals surface area contributed by atoms with Crippen molar-refractivity contribution in [1.82, 2.24) is 9.80 Å². The fourth-order valence-electron chi connectivity index (χ4n) is 3.12. The lowest BCUT2D eigenvalue weighted by Gasteiger charge is -2.42. The molecule has 1 aliphatic heterocycles. The molecule has 1 saturated carbocycles. The van der Waals surface area contributed by atoms with Gasteiger partial charge in [0.1, 0.15) is 5.60 Å². The van der Waals surface area contributed by atoms with Gasteiger partial charge in [0.05, 0.1) is 5.56 Å². The Morgan fingerprint density at radius 2 is 1.48 bits per heavy atom. The van der Waals surface area contributed by atoms with Crippen molar-refractivity contribution in [2.75, 3.05) is 26.2 Å². The van der Waals surface area contributed by atoms with Crippen LogP contribution < -0.4 is 0 Å². The van der Waals surface area contributed by atoms with Crippen LogP contribution in [0.4, 0.5) is 13.2 Å². The van der Waals surface area contributed by atoms with Crippen LogP contribution in [0.3, 0.4) is 0 Å². The predicted molar refractivity (Wildman–Crippen MR) is 82.7 cm³/mol. The molecule has 1 aliphatic carbocycles. The van der Waals surface area contributed by atoms with Crippen LogP contribution in [0.5, 0.6) is 0 Å². The molecule has 0 bridgehead atoms. The lowest BCUT2D eigenvalue weighted by atomic mass is 9.79. The summed E-state index contributed by atoms with van der Waals surface area (Å²) in [4.78, 5) is 27.7. The van der Waals surface area contributed by atoms with E-state index >= 15 is 0 Å². The standard InChI is InChI=1S/C17H19F3N2O3/c18-17(19,20)13-4-2-12(3-5-13)14(23)21-8-10-22(11-9-21)15(24)16(25)6-1-7-16/h2-5,25H,1,6-11H2. The molecular weight excluding hydrogens is 337 g/mol. The smallest absolute Gasteiger partial charge is 0.380 e. The monoisotopic (exact) mass is 356 g/mol. The van der Waals surface area contributed by atoms with Crippen molar-refractivity contribution in [1.29, 1.82) is 0 Å². The van der Waals surface area contributed by atoms with Crippen molar-refractivity contribution in [2.24, 2.45) is 0 Å². The third-order valence-corrected chi connectivity index (χ3v) is 4.89. The minimum Gasteiger partial charge on any atom is -0.380 e. The molecule has 25 heavy (non-hydrogen) atoms. The van der Waals surface area contributed by atoms with Crippen molar-refractivity contribution in [2.45, 2.75) is 31.0 Å². The molecule has 1 saturated heterocycles. The Morgan fingerprint density at radius 3 is 1.92 bits per heavy atom. The van der Waals surface area contributed by atoms with E-state index in [9.17, 15) is 27.9 Å². The molecule has 2 fully saturated rings. The quantitative estimate of drug-likeness (QED) is 0.881. The van der Waals surface area contributed by atoms with Crippen molar-refractivity contribution in [3.63, 3.8) is 0 Å². The van der Waals surface area contributed by atoms with Crippen LogP contribution >= 0.6 is 0 Å². The topological polar surface area (TPSA) is 60.9 Å². The highest BCUT2D eigenvalue weighted by Crippen LogP contribution is 2.33. The van der Waals surface area contributed by atoms with Gasteiger partial charge in [0, 0.05) is 31.7 Å². The Labute approximate surface area is 143 Å². The number of amides is 2. The number of nitrogens with zero attached hydrogens (tertiary/aromatic N) is 2. The normalized spacial score (nSPS) is 20.2. The summed E-state index contributed by atoms with van der Waals surface area (Å²) >= 11 is 0. The predicted octanol–water partition coefficient (Wildman–Crippen LogP) is 1.90. The van der Waals surface area contributed by atoms with Gasteiger partial charge < -0.3 is 14.9 Å². The second-order valence-corrected chi connectivity index (χ2v) is 6.54. The molecule has 0 radical (unpaired) electrons. The number of aliphatic hydroxyl groups is 1. The van der Waals surface area contributed by atoms with Crippen LogP contribution in [-0.2, 0) is 11.0 Å². The SMILES string of the molecule is O=C(c1ccc(C(F)(F)F)cc1)N1CCN(C(=O)C2(O)CCC2)CC1. The molecule has 1 aromatic carbocycles. The van der Waals surface area contributed by atoms with Gasteiger partial charge in [-0.05, 0) is 43.5 Å². The second-order valence-electron chi connectivity index (χ2n) is 6.54. The third-order valence-electron chi connectivity index (χ3n) is 4.89. The van der Waals surface area contributed by atoms with E-state index in [0.717, 1.165) is 18.6 Å². The number of hydrogen-bond acceptors (Lipinski definition) is 3. The van der Waals surface area contributed by atoms with Crippen LogP contribution in [-0.4, -0.2) is 58.5 Å².